The molecule has 0 amide bonds. The number of rotatable bonds is 2. The van der Waals surface area contributed by atoms with Gasteiger partial charge in [-0.2, -0.15) is 0 Å². The Bertz CT molecular complexity index is 1530. The van der Waals surface area contributed by atoms with Gasteiger partial charge in [-0.25, -0.2) is 0 Å². The van der Waals surface area contributed by atoms with Crippen LogP contribution in [0.3, 0.4) is 0 Å². The van der Waals surface area contributed by atoms with E-state index in [2.05, 4.69) is 138 Å². The summed E-state index contributed by atoms with van der Waals surface area (Å²) in [6.45, 7) is 2.31. The van der Waals surface area contributed by atoms with Gasteiger partial charge in [-0.15, -0.1) is 0 Å². The van der Waals surface area contributed by atoms with Crippen LogP contribution in [-0.4, -0.2) is 6.85 Å². The van der Waals surface area contributed by atoms with E-state index < -0.39 is 0 Å². The molecule has 0 saturated carbocycles. The normalized spacial score (nSPS) is 13.3. The van der Waals surface area contributed by atoms with E-state index in [-0.39, 0.29) is 6.85 Å². The topological polar surface area (TPSA) is 6.48 Å². The zero-order valence-electron chi connectivity index (χ0n) is 19.0. The molecule has 3 heteroatoms. The molecular formula is C31H23BN2. The highest BCUT2D eigenvalue weighted by Crippen LogP contribution is 2.46. The number of para-hydroxylation sites is 4. The van der Waals surface area contributed by atoms with Gasteiger partial charge in [-0.3, -0.25) is 0 Å². The van der Waals surface area contributed by atoms with Crippen LogP contribution >= 0.6 is 0 Å². The van der Waals surface area contributed by atoms with Crippen LogP contribution in [-0.2, 0) is 0 Å². The van der Waals surface area contributed by atoms with Crippen molar-refractivity contribution in [1.29, 1.82) is 0 Å². The maximum Gasteiger partial charge on any atom is 0.333 e. The average molecular weight is 434 g/mol. The minimum Gasteiger partial charge on any atom is -0.376 e. The summed E-state index contributed by atoms with van der Waals surface area (Å²) >= 11 is 0. The van der Waals surface area contributed by atoms with Crippen molar-refractivity contribution in [2.24, 2.45) is 0 Å². The molecule has 0 aliphatic carbocycles. The molecule has 0 radical (unpaired) electrons. The van der Waals surface area contributed by atoms with Gasteiger partial charge in [0.2, 0.25) is 0 Å². The Morgan fingerprint density at radius 3 is 1.91 bits per heavy atom. The minimum absolute atomic E-state index is 0.0964. The van der Waals surface area contributed by atoms with Crippen molar-refractivity contribution in [3.8, 4) is 11.1 Å². The molecule has 0 atom stereocenters. The second kappa shape index (κ2) is 7.39. The summed E-state index contributed by atoms with van der Waals surface area (Å²) in [4.78, 5) is 4.96. The first-order valence-electron chi connectivity index (χ1n) is 11.8. The fourth-order valence-corrected chi connectivity index (χ4v) is 5.73. The third kappa shape index (κ3) is 2.70. The number of hydrogen-bond acceptors (Lipinski definition) is 2. The van der Waals surface area contributed by atoms with Gasteiger partial charge >= 0.3 is 6.85 Å². The third-order valence-corrected chi connectivity index (χ3v) is 7.05. The Morgan fingerprint density at radius 2 is 1.15 bits per heavy atom. The zero-order chi connectivity index (χ0) is 22.6. The molecule has 2 aliphatic rings. The van der Waals surface area contributed by atoms with Crippen molar-refractivity contribution in [3.63, 3.8) is 0 Å². The predicted molar refractivity (Wildman–Crippen MR) is 145 cm³/mol. The lowest BCUT2D eigenvalue weighted by molar-refractivity contribution is 1.26. The SMILES string of the molecule is Cc1cc2c3c(c1)N(c1ccccc1)c1ccccc1B3N(c1ccccc1)c1ccccc1-2. The molecule has 7 rings (SSSR count). The van der Waals surface area contributed by atoms with Gasteiger partial charge < -0.3 is 9.71 Å². The Balaban J connectivity index is 1.61. The van der Waals surface area contributed by atoms with E-state index in [1.807, 2.05) is 0 Å². The van der Waals surface area contributed by atoms with Gasteiger partial charge in [-0.05, 0) is 71.4 Å². The Morgan fingerprint density at radius 1 is 0.529 bits per heavy atom. The number of fused-ring (bicyclic) bond motifs is 4. The molecule has 0 spiro atoms. The van der Waals surface area contributed by atoms with Crippen molar-refractivity contribution in [1.82, 2.24) is 0 Å². The summed E-state index contributed by atoms with van der Waals surface area (Å²) in [5, 5.41) is 0. The minimum atomic E-state index is 0.0964. The van der Waals surface area contributed by atoms with E-state index in [9.17, 15) is 0 Å². The average Bonchev–Trinajstić information content (AvgIpc) is 2.89. The molecule has 0 N–H and O–H groups in total. The molecule has 0 saturated heterocycles. The molecule has 2 aliphatic heterocycles. The lowest BCUT2D eigenvalue weighted by Gasteiger charge is -2.45. The van der Waals surface area contributed by atoms with Gasteiger partial charge in [0.25, 0.3) is 0 Å². The van der Waals surface area contributed by atoms with Crippen molar-refractivity contribution in [3.05, 3.63) is 127 Å². The van der Waals surface area contributed by atoms with Crippen LogP contribution in [0.25, 0.3) is 11.1 Å². The van der Waals surface area contributed by atoms with Crippen molar-refractivity contribution >= 4 is 46.2 Å². The number of aryl methyl sites for hydroxylation is 1. The number of hydrogen-bond donors (Lipinski definition) is 0. The second-order valence-electron chi connectivity index (χ2n) is 9.10. The first-order valence-corrected chi connectivity index (χ1v) is 11.8. The van der Waals surface area contributed by atoms with Crippen molar-refractivity contribution in [2.45, 2.75) is 6.92 Å². The zero-order valence-corrected chi connectivity index (χ0v) is 19.0. The largest absolute Gasteiger partial charge is 0.376 e. The van der Waals surface area contributed by atoms with Gasteiger partial charge in [0, 0.05) is 34.0 Å². The smallest absolute Gasteiger partial charge is 0.333 e. The quantitative estimate of drug-likeness (QED) is 0.285. The molecule has 2 nitrogen and oxygen atoms in total. The maximum atomic E-state index is 2.53. The first-order chi connectivity index (χ1) is 16.8. The fourth-order valence-electron chi connectivity index (χ4n) is 5.73. The predicted octanol–water partition coefficient (Wildman–Crippen LogP) is 6.70. The van der Waals surface area contributed by atoms with Crippen LogP contribution in [0.2, 0.25) is 0 Å². The summed E-state index contributed by atoms with van der Waals surface area (Å²) in [6, 6.07) is 44.0. The molecule has 0 fully saturated rings. The monoisotopic (exact) mass is 434 g/mol. The Kier molecular flexibility index (Phi) is 4.19. The summed E-state index contributed by atoms with van der Waals surface area (Å²) in [5.41, 5.74) is 12.7. The summed E-state index contributed by atoms with van der Waals surface area (Å²) in [5.74, 6) is 0. The highest BCUT2D eigenvalue weighted by atomic mass is 15.2. The van der Waals surface area contributed by atoms with E-state index in [0.29, 0.717) is 0 Å². The van der Waals surface area contributed by atoms with Crippen LogP contribution in [0.1, 0.15) is 5.56 Å². The first kappa shape index (κ1) is 19.3. The number of nitrogens with zero attached hydrogens (tertiary/aromatic N) is 2. The van der Waals surface area contributed by atoms with Crippen LogP contribution in [0.5, 0.6) is 0 Å². The van der Waals surface area contributed by atoms with Crippen LogP contribution in [0, 0.1) is 6.92 Å². The lowest BCUT2D eigenvalue weighted by Crippen LogP contribution is -2.61. The molecule has 160 valence electrons. The van der Waals surface area contributed by atoms with Gasteiger partial charge in [0.15, 0.2) is 0 Å². The van der Waals surface area contributed by atoms with Gasteiger partial charge in [0.1, 0.15) is 0 Å². The molecule has 2 heterocycles. The molecule has 0 unspecified atom stereocenters. The van der Waals surface area contributed by atoms with E-state index >= 15 is 0 Å². The lowest BCUT2D eigenvalue weighted by atomic mass is 9.43. The van der Waals surface area contributed by atoms with Crippen LogP contribution in [0.4, 0.5) is 28.4 Å². The summed E-state index contributed by atoms with van der Waals surface area (Å²) in [7, 11) is 0. The molecule has 0 bridgehead atoms. The maximum absolute atomic E-state index is 2.53. The fraction of sp³-hybridized carbons (Fsp3) is 0.0323. The van der Waals surface area contributed by atoms with Crippen molar-refractivity contribution < 1.29 is 0 Å². The highest BCUT2D eigenvalue weighted by Gasteiger charge is 2.44. The second-order valence-corrected chi connectivity index (χ2v) is 9.10. The van der Waals surface area contributed by atoms with E-state index in [4.69, 9.17) is 0 Å². The van der Waals surface area contributed by atoms with E-state index in [0.717, 1.165) is 0 Å². The van der Waals surface area contributed by atoms with E-state index in [1.54, 1.807) is 0 Å². The number of anilines is 5. The van der Waals surface area contributed by atoms with Gasteiger partial charge in [0.05, 0.1) is 0 Å². The number of benzene rings is 5. The van der Waals surface area contributed by atoms with Gasteiger partial charge in [-0.1, -0.05) is 78.9 Å². The van der Waals surface area contributed by atoms with Crippen LogP contribution in [0.15, 0.2) is 121 Å². The Labute approximate surface area is 200 Å². The third-order valence-electron chi connectivity index (χ3n) is 7.05. The molecule has 5 aromatic rings. The molecule has 34 heavy (non-hydrogen) atoms. The standard InChI is InChI=1S/C31H23BN2/c1-22-20-26-25-16-8-10-18-28(25)34(24-14-6-3-7-15-24)32-27-17-9-11-19-29(27)33(30(21-22)31(26)32)23-12-4-2-5-13-23/h2-21H,1H3. The molecule has 0 aromatic heterocycles. The van der Waals surface area contributed by atoms with Crippen molar-refractivity contribution in [2.75, 3.05) is 9.71 Å². The highest BCUT2D eigenvalue weighted by molar-refractivity contribution is 6.93. The summed E-state index contributed by atoms with van der Waals surface area (Å²) < 4.78 is 0. The Hall–Kier alpha value is -4.24. The molecule has 5 aromatic carbocycles. The van der Waals surface area contributed by atoms with Crippen LogP contribution < -0.4 is 20.6 Å². The summed E-state index contributed by atoms with van der Waals surface area (Å²) in [6.07, 6.45) is 0. The van der Waals surface area contributed by atoms with E-state index in [1.165, 1.54) is 56.1 Å². The molecular weight excluding hydrogens is 411 g/mol.